The Bertz CT molecular complexity index is 323. The Labute approximate surface area is 195 Å². The quantitative estimate of drug-likeness (QED) is 0.108. The maximum atomic E-state index is 7.23. The summed E-state index contributed by atoms with van der Waals surface area (Å²) in [6, 6.07) is 3.67. The summed E-state index contributed by atoms with van der Waals surface area (Å²) < 4.78 is 26.8. The molecule has 30 heavy (non-hydrogen) atoms. The van der Waals surface area contributed by atoms with Gasteiger partial charge in [-0.15, -0.1) is 0 Å². The normalized spacial score (nSPS) is 12.6. The zero-order valence-corrected chi connectivity index (χ0v) is 23.9. The minimum absolute atomic E-state index is 0.703. The molecule has 0 aliphatic heterocycles. The van der Waals surface area contributed by atoms with Crippen LogP contribution in [0, 0.1) is 0 Å². The first-order valence-electron chi connectivity index (χ1n) is 13.2. The molecule has 0 fully saturated rings. The van der Waals surface area contributed by atoms with Crippen LogP contribution in [0.3, 0.4) is 0 Å². The number of unbranched alkanes of at least 4 members (excludes halogenated alkanes) is 6. The topological polar surface area (TPSA) is 36.9 Å². The van der Waals surface area contributed by atoms with E-state index in [-0.39, 0.29) is 0 Å². The predicted octanol–water partition coefficient (Wildman–Crippen LogP) is 8.61. The predicted molar refractivity (Wildman–Crippen MR) is 129 cm³/mol. The molecule has 0 amide bonds. The molecule has 4 nitrogen and oxygen atoms in total. The first-order valence-corrected chi connectivity index (χ1v) is 18.3. The third-order valence-electron chi connectivity index (χ3n) is 5.63. The average molecular weight is 483 g/mol. The molecule has 0 aliphatic carbocycles. The Morgan fingerprint density at radius 2 is 0.767 bits per heavy atom. The summed E-state index contributed by atoms with van der Waals surface area (Å²) in [5.74, 6) is 0. The van der Waals surface area contributed by atoms with Gasteiger partial charge in [0.15, 0.2) is 0 Å². The van der Waals surface area contributed by atoms with Crippen molar-refractivity contribution in [2.75, 3.05) is 19.8 Å². The number of rotatable bonds is 23. The Morgan fingerprint density at radius 3 is 1.03 bits per heavy atom. The molecule has 0 radical (unpaired) electrons. The molecule has 0 spiro atoms. The number of hydrogen-bond donors (Lipinski definition) is 0. The zero-order chi connectivity index (χ0) is 22.6. The van der Waals surface area contributed by atoms with Gasteiger partial charge in [-0.2, -0.15) is 0 Å². The van der Waals surface area contributed by atoms with Crippen molar-refractivity contribution >= 4 is 8.32 Å². The van der Waals surface area contributed by atoms with Gasteiger partial charge in [-0.25, -0.2) is 0 Å². The first-order chi connectivity index (χ1) is 14.6. The van der Waals surface area contributed by atoms with E-state index in [0.29, 0.717) is 19.8 Å². The van der Waals surface area contributed by atoms with Gasteiger partial charge in [0.05, 0.1) is 0 Å². The third-order valence-corrected chi connectivity index (χ3v) is 15.9. The number of hydrogen-bond acceptors (Lipinski definition) is 4. The van der Waals surface area contributed by atoms with Gasteiger partial charge in [0, 0.05) is 0 Å². The van der Waals surface area contributed by atoms with Crippen LogP contribution in [0.2, 0.25) is 18.1 Å². The second-order valence-corrected chi connectivity index (χ2v) is 16.6. The molecule has 0 aliphatic rings. The van der Waals surface area contributed by atoms with Crippen LogP contribution in [0.15, 0.2) is 0 Å². The van der Waals surface area contributed by atoms with Crippen LogP contribution in [-0.2, 0) is 31.1 Å². The zero-order valence-electron chi connectivity index (χ0n) is 21.4. The van der Waals surface area contributed by atoms with E-state index in [0.717, 1.165) is 38.5 Å². The Hall–Kier alpha value is 0.771. The van der Waals surface area contributed by atoms with Crippen LogP contribution in [0.4, 0.5) is 0 Å². The molecule has 0 bridgehead atoms. The van der Waals surface area contributed by atoms with E-state index in [1.807, 2.05) is 0 Å². The average Bonchev–Trinajstić information content (AvgIpc) is 2.75. The first kappa shape index (κ1) is 30.8. The van der Waals surface area contributed by atoms with Gasteiger partial charge in [-0.1, -0.05) is 0 Å². The molecule has 0 aromatic carbocycles. The molecule has 0 N–H and O–H groups in total. The second kappa shape index (κ2) is 20.4. The van der Waals surface area contributed by atoms with E-state index in [9.17, 15) is 0 Å². The third kappa shape index (κ3) is 14.0. The van der Waals surface area contributed by atoms with Gasteiger partial charge in [0.1, 0.15) is 0 Å². The molecule has 0 saturated carbocycles. The molecular formula is C24H54O4SiTi. The fourth-order valence-electron chi connectivity index (χ4n) is 3.53. The molecule has 0 unspecified atom stereocenters. The molecule has 0 atom stereocenters. The van der Waals surface area contributed by atoms with Crippen molar-refractivity contribution in [3.8, 4) is 0 Å². The van der Waals surface area contributed by atoms with Crippen LogP contribution in [0.1, 0.15) is 119 Å². The molecular weight excluding hydrogens is 428 g/mol. The van der Waals surface area contributed by atoms with Gasteiger partial charge in [0.2, 0.25) is 0 Å². The van der Waals surface area contributed by atoms with Crippen molar-refractivity contribution in [2.24, 2.45) is 0 Å². The van der Waals surface area contributed by atoms with Gasteiger partial charge in [-0.3, -0.25) is 0 Å². The Kier molecular flexibility index (Phi) is 20.9. The van der Waals surface area contributed by atoms with Crippen LogP contribution < -0.4 is 0 Å². The molecule has 0 heterocycles. The summed E-state index contributed by atoms with van der Waals surface area (Å²) in [5, 5.41) is 0. The van der Waals surface area contributed by atoms with Crippen molar-refractivity contribution in [3.63, 3.8) is 0 Å². The van der Waals surface area contributed by atoms with E-state index in [2.05, 4.69) is 41.5 Å². The Morgan fingerprint density at radius 1 is 0.467 bits per heavy atom. The van der Waals surface area contributed by atoms with E-state index >= 15 is 0 Å². The standard InChI is InChI=1S/C12H27OSi.3C4H9O.Ti/c1-4-7-10-14(13,11-8-5-2)12-9-6-3;3*1-2-3-4-5;/h4-12H2,1-3H3;3*2-4H2,1H3;/q4*-1;+4. The second-order valence-electron chi connectivity index (χ2n) is 8.70. The fraction of sp³-hybridized carbons (Fsp3) is 1.00. The molecule has 6 heteroatoms. The minimum atomic E-state index is -3.77. The molecule has 0 saturated heterocycles. The molecule has 0 aromatic rings. The van der Waals surface area contributed by atoms with Gasteiger partial charge >= 0.3 is 196 Å². The van der Waals surface area contributed by atoms with Gasteiger partial charge in [-0.05, 0) is 0 Å². The SMILES string of the molecule is CCCC[O][Ti]([O]CCCC)([O]CCCC)[O][Si](CCCC)(CCCC)CCCC. The van der Waals surface area contributed by atoms with Crippen molar-refractivity contribution in [1.29, 1.82) is 0 Å². The van der Waals surface area contributed by atoms with Crippen molar-refractivity contribution in [1.82, 2.24) is 0 Å². The van der Waals surface area contributed by atoms with Gasteiger partial charge < -0.3 is 0 Å². The monoisotopic (exact) mass is 482 g/mol. The summed E-state index contributed by atoms with van der Waals surface area (Å²) in [6.07, 6.45) is 13.9. The van der Waals surface area contributed by atoms with Crippen LogP contribution in [-0.4, -0.2) is 28.1 Å². The van der Waals surface area contributed by atoms with E-state index in [1.54, 1.807) is 0 Å². The molecule has 0 rings (SSSR count). The maximum absolute atomic E-state index is 7.23. The van der Waals surface area contributed by atoms with Gasteiger partial charge in [0.25, 0.3) is 0 Å². The Balaban J connectivity index is 5.77. The molecule has 182 valence electrons. The van der Waals surface area contributed by atoms with Crippen molar-refractivity contribution in [2.45, 2.75) is 137 Å². The van der Waals surface area contributed by atoms with Crippen LogP contribution in [0.5, 0.6) is 0 Å². The van der Waals surface area contributed by atoms with Crippen molar-refractivity contribution < 1.29 is 31.1 Å². The van der Waals surface area contributed by atoms with Crippen molar-refractivity contribution in [3.05, 3.63) is 0 Å². The molecule has 0 aromatic heterocycles. The summed E-state index contributed by atoms with van der Waals surface area (Å²) >= 11 is -3.77. The van der Waals surface area contributed by atoms with Crippen LogP contribution >= 0.6 is 0 Å². The fourth-order valence-corrected chi connectivity index (χ4v) is 15.3. The van der Waals surface area contributed by atoms with Crippen LogP contribution in [0.25, 0.3) is 0 Å². The summed E-state index contributed by atoms with van der Waals surface area (Å²) in [5.41, 5.74) is 0. The summed E-state index contributed by atoms with van der Waals surface area (Å²) in [4.78, 5) is 0. The van der Waals surface area contributed by atoms with E-state index in [4.69, 9.17) is 13.0 Å². The van der Waals surface area contributed by atoms with E-state index < -0.39 is 26.5 Å². The van der Waals surface area contributed by atoms with E-state index in [1.165, 1.54) is 56.7 Å². The summed E-state index contributed by atoms with van der Waals surface area (Å²) in [7, 11) is -1.97. The summed E-state index contributed by atoms with van der Waals surface area (Å²) in [6.45, 7) is 15.6.